The molecule has 0 unspecified atom stereocenters. The molecule has 2 fully saturated rings. The molecule has 35 heavy (non-hydrogen) atoms. The summed E-state index contributed by atoms with van der Waals surface area (Å²) >= 11 is 7.89. The molecule has 3 aliphatic rings. The molecule has 2 aromatic carbocycles. The smallest absolute Gasteiger partial charge is 0.217 e. The maximum Gasteiger partial charge on any atom is 0.217 e. The Hall–Kier alpha value is -1.02. The molecule has 0 bridgehead atoms. The van der Waals surface area contributed by atoms with E-state index in [4.69, 9.17) is 16.3 Å². The summed E-state index contributed by atoms with van der Waals surface area (Å²) in [4.78, 5) is -0.0969. The van der Waals surface area contributed by atoms with Gasteiger partial charge in [-0.2, -0.15) is 0 Å². The third-order valence-corrected chi connectivity index (χ3v) is 14.7. The third-order valence-electron chi connectivity index (χ3n) is 7.43. The predicted molar refractivity (Wildman–Crippen MR) is 136 cm³/mol. The zero-order valence-corrected chi connectivity index (χ0v) is 23.1. The number of rotatable bonds is 4. The van der Waals surface area contributed by atoms with Crippen molar-refractivity contribution in [3.63, 3.8) is 0 Å². The molecular weight excluding hydrogens is 635 g/mol. The molecule has 0 amide bonds. The lowest BCUT2D eigenvalue weighted by molar-refractivity contribution is 0.160. The van der Waals surface area contributed by atoms with Crippen molar-refractivity contribution < 1.29 is 30.4 Å². The molecule has 1 saturated carbocycles. The monoisotopic (exact) mass is 657 g/mol. The van der Waals surface area contributed by atoms with Crippen LogP contribution in [0.3, 0.4) is 0 Å². The summed E-state index contributed by atoms with van der Waals surface area (Å²) < 4.78 is 89.6. The summed E-state index contributed by atoms with van der Waals surface area (Å²) in [6.45, 7) is 0.584. The Morgan fingerprint density at radius 2 is 1.63 bits per heavy atom. The maximum absolute atomic E-state index is 15.5. The molecule has 0 N–H and O–H groups in total. The molecule has 1 aliphatic carbocycles. The van der Waals surface area contributed by atoms with Gasteiger partial charge in [-0.3, -0.25) is 0 Å². The van der Waals surface area contributed by atoms with Gasteiger partial charge in [-0.1, -0.05) is 34.2 Å². The Morgan fingerprint density at radius 3 is 2.29 bits per heavy atom. The fourth-order valence-corrected chi connectivity index (χ4v) is 12.7. The first-order chi connectivity index (χ1) is 16.4. The van der Waals surface area contributed by atoms with Crippen LogP contribution in [0.25, 0.3) is 0 Å². The molecule has 2 aliphatic heterocycles. The first-order valence-electron chi connectivity index (χ1n) is 11.2. The summed E-state index contributed by atoms with van der Waals surface area (Å²) in [6.07, 6.45) is 1.27. The van der Waals surface area contributed by atoms with Crippen LogP contribution >= 0.6 is 34.2 Å². The van der Waals surface area contributed by atoms with Crippen molar-refractivity contribution in [3.8, 4) is 5.75 Å². The van der Waals surface area contributed by atoms with E-state index >= 15 is 4.39 Å². The van der Waals surface area contributed by atoms with Crippen molar-refractivity contribution >= 4 is 54.1 Å². The minimum absolute atomic E-state index is 0.00814. The lowest BCUT2D eigenvalue weighted by Crippen LogP contribution is -2.63. The lowest BCUT2D eigenvalue weighted by Gasteiger charge is -2.54. The van der Waals surface area contributed by atoms with Crippen molar-refractivity contribution in [3.05, 3.63) is 58.6 Å². The number of nitrogens with zero attached hydrogens (tertiary/aromatic N) is 1. The molecule has 2 heterocycles. The second kappa shape index (κ2) is 8.78. The van der Waals surface area contributed by atoms with Gasteiger partial charge in [-0.15, -0.1) is 0 Å². The van der Waals surface area contributed by atoms with Crippen molar-refractivity contribution in [2.24, 2.45) is 0 Å². The van der Waals surface area contributed by atoms with E-state index in [1.165, 1.54) is 28.6 Å². The molecular formula is C23H23ClF2INO5S2. The molecule has 12 heteroatoms. The van der Waals surface area contributed by atoms with E-state index in [1.54, 1.807) is 0 Å². The number of hydrogen-bond donors (Lipinski definition) is 0. The summed E-state index contributed by atoms with van der Waals surface area (Å²) in [5.41, 5.74) is -0.370. The Bertz CT molecular complexity index is 1380. The largest absolute Gasteiger partial charge is 0.489 e. The zero-order chi connectivity index (χ0) is 25.2. The lowest BCUT2D eigenvalue weighted by atomic mass is 9.72. The van der Waals surface area contributed by atoms with Crippen LogP contribution in [0.15, 0.2) is 41.3 Å². The third kappa shape index (κ3) is 3.74. The fourth-order valence-electron chi connectivity index (χ4n) is 5.71. The highest BCUT2D eigenvalue weighted by Gasteiger charge is 2.68. The molecule has 190 valence electrons. The second-order valence-electron chi connectivity index (χ2n) is 9.29. The van der Waals surface area contributed by atoms with Gasteiger partial charge in [0.2, 0.25) is 10.0 Å². The van der Waals surface area contributed by atoms with E-state index in [0.717, 1.165) is 25.0 Å². The fraction of sp³-hybridized carbons (Fsp3) is 0.478. The first-order valence-corrected chi connectivity index (χ1v) is 15.7. The number of sulfone groups is 1. The van der Waals surface area contributed by atoms with Crippen LogP contribution in [-0.4, -0.2) is 49.5 Å². The van der Waals surface area contributed by atoms with E-state index in [2.05, 4.69) is 0 Å². The van der Waals surface area contributed by atoms with Crippen LogP contribution in [0.1, 0.15) is 37.7 Å². The highest BCUT2D eigenvalue weighted by molar-refractivity contribution is 14.1. The average molecular weight is 658 g/mol. The topological polar surface area (TPSA) is 80.8 Å². The summed E-state index contributed by atoms with van der Waals surface area (Å²) in [6, 6.07) is 7.31. The van der Waals surface area contributed by atoms with E-state index in [0.29, 0.717) is 18.1 Å². The van der Waals surface area contributed by atoms with Crippen LogP contribution in [0.5, 0.6) is 5.75 Å². The molecule has 5 rings (SSSR count). The highest BCUT2D eigenvalue weighted by Crippen LogP contribution is 2.62. The zero-order valence-electron chi connectivity index (χ0n) is 18.5. The Morgan fingerprint density at radius 1 is 1.00 bits per heavy atom. The van der Waals surface area contributed by atoms with Crippen LogP contribution in [-0.2, 0) is 24.6 Å². The normalized spacial score (nSPS) is 29.3. The minimum atomic E-state index is -4.36. The Balaban J connectivity index is 1.71. The molecule has 6 nitrogen and oxygen atoms in total. The minimum Gasteiger partial charge on any atom is -0.489 e. The average Bonchev–Trinajstić information content (AvgIpc) is 3.36. The van der Waals surface area contributed by atoms with Crippen molar-refractivity contribution in [2.75, 3.05) is 19.7 Å². The van der Waals surface area contributed by atoms with Gasteiger partial charge in [-0.25, -0.2) is 29.9 Å². The second-order valence-corrected chi connectivity index (χ2v) is 16.2. The van der Waals surface area contributed by atoms with E-state index in [1.807, 2.05) is 22.6 Å². The van der Waals surface area contributed by atoms with Gasteiger partial charge in [0.15, 0.2) is 21.4 Å². The van der Waals surface area contributed by atoms with Crippen LogP contribution in [0.2, 0.25) is 5.02 Å². The maximum atomic E-state index is 15.5. The molecule has 0 radical (unpaired) electrons. The molecule has 1 saturated heterocycles. The van der Waals surface area contributed by atoms with Gasteiger partial charge in [-0.05, 0) is 68.5 Å². The molecule has 0 spiro atoms. The first kappa shape index (κ1) is 25.6. The standard InChI is InChI=1S/C23H23ClF2INO5S2/c24-15-3-5-16(6-4-15)34(29,30)23-10-9-17(35(31,32)28-11-1-2-12-28)13-22(23,27)14-33-21-19(26)8-7-18(25)20(21)23/h3-8,17H,1-2,9-14H2/t17-,22-,23+/m0/s1. The molecule has 2 aromatic rings. The summed E-state index contributed by atoms with van der Waals surface area (Å²) in [7, 11) is -8.06. The van der Waals surface area contributed by atoms with Gasteiger partial charge >= 0.3 is 0 Å². The predicted octanol–water partition coefficient (Wildman–Crippen LogP) is 4.83. The number of hydrogen-bond acceptors (Lipinski definition) is 5. The SMILES string of the molecule is O=S(=O)([C@H]1CC[C@@]2(S(=O)(=O)c3ccc(Cl)cc3)c3c(F)ccc(F)c3OC[C@@]2(I)C1)N1CCCC1. The van der Waals surface area contributed by atoms with Crippen molar-refractivity contribution in [1.82, 2.24) is 4.31 Å². The number of halogens is 4. The quantitative estimate of drug-likeness (QED) is 0.348. The van der Waals surface area contributed by atoms with Crippen molar-refractivity contribution in [2.45, 2.75) is 50.4 Å². The van der Waals surface area contributed by atoms with Gasteiger partial charge < -0.3 is 4.74 Å². The van der Waals surface area contributed by atoms with Gasteiger partial charge in [0.25, 0.3) is 0 Å². The number of alkyl halides is 1. The Kier molecular flexibility index (Phi) is 6.43. The van der Waals surface area contributed by atoms with Gasteiger partial charge in [0.05, 0.1) is 19.1 Å². The summed E-state index contributed by atoms with van der Waals surface area (Å²) in [5, 5.41) is -0.528. The number of ether oxygens (including phenoxy) is 1. The highest BCUT2D eigenvalue weighted by atomic mass is 127. The van der Waals surface area contributed by atoms with Gasteiger partial charge in [0.1, 0.15) is 17.2 Å². The molecule has 0 aromatic heterocycles. The van der Waals surface area contributed by atoms with Crippen molar-refractivity contribution in [1.29, 1.82) is 0 Å². The van der Waals surface area contributed by atoms with Gasteiger partial charge in [0, 0.05) is 18.1 Å². The van der Waals surface area contributed by atoms with E-state index < -0.39 is 50.7 Å². The van der Waals surface area contributed by atoms with Crippen LogP contribution < -0.4 is 4.74 Å². The molecule has 3 atom stereocenters. The summed E-state index contributed by atoms with van der Waals surface area (Å²) in [5.74, 6) is -2.20. The van der Waals surface area contributed by atoms with E-state index in [9.17, 15) is 21.2 Å². The number of benzene rings is 2. The van der Waals surface area contributed by atoms with Crippen LogP contribution in [0, 0.1) is 11.6 Å². The van der Waals surface area contributed by atoms with E-state index in [-0.39, 0.29) is 36.3 Å². The van der Waals surface area contributed by atoms with Crippen LogP contribution in [0.4, 0.5) is 8.78 Å². The number of sulfonamides is 1. The number of fused-ring (bicyclic) bond motifs is 3. The Labute approximate surface area is 222 Å².